The van der Waals surface area contributed by atoms with Crippen LogP contribution in [-0.2, 0) is 4.74 Å². The summed E-state index contributed by atoms with van der Waals surface area (Å²) in [5.74, 6) is 1.71. The van der Waals surface area contributed by atoms with Crippen molar-refractivity contribution in [2.45, 2.75) is 56.7 Å². The molecule has 4 fully saturated rings. The standard InChI is InChI=1S/C27H37FN4O2/c1-31(2)6-7-34-16-30-26-18-8-17-9-19(26)13-27(11-17,12-18)24(33)10-22-25-20(4-3-5-21(25)28)23-14-29-15-32(22)23/h3-5,14-15,17-19,22,24,26,30,33H,6-13,16H2,1-2H3. The highest BCUT2D eigenvalue weighted by atomic mass is 19.1. The van der Waals surface area contributed by atoms with Gasteiger partial charge in [-0.15, -0.1) is 0 Å². The van der Waals surface area contributed by atoms with E-state index in [0.29, 0.717) is 36.9 Å². The van der Waals surface area contributed by atoms with Crippen molar-refractivity contribution in [3.8, 4) is 11.3 Å². The number of halogens is 1. The highest BCUT2D eigenvalue weighted by molar-refractivity contribution is 5.69. The SMILES string of the molecule is CN(C)CCOCNC1C2CC3CC1CC(C(O)CC1c4c(F)cccc4-c4cncn41)(C3)C2. The molecule has 2 heterocycles. The number of fused-ring (bicyclic) bond motifs is 3. The molecular weight excluding hydrogens is 431 g/mol. The summed E-state index contributed by atoms with van der Waals surface area (Å²) in [5.41, 5.74) is 2.54. The van der Waals surface area contributed by atoms with Crippen molar-refractivity contribution in [3.05, 3.63) is 42.1 Å². The Kier molecular flexibility index (Phi) is 5.79. The zero-order valence-corrected chi connectivity index (χ0v) is 20.3. The molecule has 0 saturated heterocycles. The first-order valence-corrected chi connectivity index (χ1v) is 12.9. The quantitative estimate of drug-likeness (QED) is 0.434. The van der Waals surface area contributed by atoms with E-state index >= 15 is 0 Å². The minimum Gasteiger partial charge on any atom is -0.392 e. The molecule has 5 aliphatic rings. The fourth-order valence-electron chi connectivity index (χ4n) is 8.00. The van der Waals surface area contributed by atoms with Crippen LogP contribution < -0.4 is 5.32 Å². The molecule has 0 amide bonds. The lowest BCUT2D eigenvalue weighted by Gasteiger charge is -2.61. The van der Waals surface area contributed by atoms with Crippen LogP contribution in [0.5, 0.6) is 0 Å². The number of imidazole rings is 1. The smallest absolute Gasteiger partial charge is 0.129 e. The van der Waals surface area contributed by atoms with E-state index in [1.165, 1.54) is 12.8 Å². The van der Waals surface area contributed by atoms with Crippen LogP contribution in [0, 0.1) is 29.0 Å². The normalized spacial score (nSPS) is 34.0. The maximum absolute atomic E-state index is 14.9. The van der Waals surface area contributed by atoms with Gasteiger partial charge in [0.1, 0.15) is 5.82 Å². The molecule has 7 rings (SSSR count). The molecule has 6 nitrogen and oxygen atoms in total. The Morgan fingerprint density at radius 2 is 2.06 bits per heavy atom. The Hall–Kier alpha value is -1.80. The van der Waals surface area contributed by atoms with Gasteiger partial charge in [-0.25, -0.2) is 9.37 Å². The van der Waals surface area contributed by atoms with Gasteiger partial charge in [0, 0.05) is 23.7 Å². The molecule has 1 aromatic carbocycles. The van der Waals surface area contributed by atoms with Gasteiger partial charge in [0.25, 0.3) is 0 Å². The minimum atomic E-state index is -0.441. The lowest BCUT2D eigenvalue weighted by atomic mass is 9.46. The number of nitrogens with zero attached hydrogens (tertiary/aromatic N) is 3. The van der Waals surface area contributed by atoms with E-state index in [1.54, 1.807) is 18.5 Å². The first kappa shape index (κ1) is 22.7. The van der Waals surface area contributed by atoms with Crippen LogP contribution in [0.25, 0.3) is 11.3 Å². The number of rotatable bonds is 9. The number of likely N-dealkylation sites (N-methyl/N-ethyl adjacent to an activating group) is 1. The van der Waals surface area contributed by atoms with Crippen LogP contribution >= 0.6 is 0 Å². The van der Waals surface area contributed by atoms with Gasteiger partial charge in [0.05, 0.1) is 43.7 Å². The molecule has 34 heavy (non-hydrogen) atoms. The summed E-state index contributed by atoms with van der Waals surface area (Å²) in [6.07, 6.45) is 9.46. The van der Waals surface area contributed by atoms with Gasteiger partial charge in [-0.3, -0.25) is 5.32 Å². The molecule has 1 aliphatic heterocycles. The van der Waals surface area contributed by atoms with Gasteiger partial charge in [-0.1, -0.05) is 12.1 Å². The van der Waals surface area contributed by atoms with Crippen LogP contribution in [-0.4, -0.2) is 65.7 Å². The van der Waals surface area contributed by atoms with E-state index in [-0.39, 0.29) is 17.3 Å². The average Bonchev–Trinajstić information content (AvgIpc) is 3.38. The number of aromatic nitrogens is 2. The number of benzene rings is 1. The van der Waals surface area contributed by atoms with Gasteiger partial charge in [-0.05, 0) is 81.9 Å². The average molecular weight is 469 g/mol. The minimum absolute atomic E-state index is 0.0464. The van der Waals surface area contributed by atoms with E-state index in [9.17, 15) is 9.50 Å². The van der Waals surface area contributed by atoms with Gasteiger partial charge in [-0.2, -0.15) is 0 Å². The summed E-state index contributed by atoms with van der Waals surface area (Å²) >= 11 is 0. The van der Waals surface area contributed by atoms with Crippen molar-refractivity contribution in [1.82, 2.24) is 19.8 Å². The molecule has 1 aromatic heterocycles. The lowest BCUT2D eigenvalue weighted by molar-refractivity contribution is -0.141. The molecular formula is C27H37FN4O2. The fraction of sp³-hybridized carbons (Fsp3) is 0.667. The molecule has 7 heteroatoms. The fourth-order valence-corrected chi connectivity index (χ4v) is 8.00. The van der Waals surface area contributed by atoms with Crippen LogP contribution in [0.2, 0.25) is 0 Å². The zero-order valence-electron chi connectivity index (χ0n) is 20.3. The van der Waals surface area contributed by atoms with Gasteiger partial charge < -0.3 is 19.3 Å². The van der Waals surface area contributed by atoms with Crippen LogP contribution in [0.15, 0.2) is 30.7 Å². The number of hydrogen-bond acceptors (Lipinski definition) is 5. The summed E-state index contributed by atoms with van der Waals surface area (Å²) in [7, 11) is 4.12. The largest absolute Gasteiger partial charge is 0.392 e. The molecule has 2 N–H and O–H groups in total. The van der Waals surface area contributed by atoms with Crippen LogP contribution in [0.1, 0.15) is 50.1 Å². The Balaban J connectivity index is 1.16. The monoisotopic (exact) mass is 468 g/mol. The third-order valence-corrected chi connectivity index (χ3v) is 9.24. The maximum Gasteiger partial charge on any atom is 0.129 e. The highest BCUT2D eigenvalue weighted by Crippen LogP contribution is 2.62. The third kappa shape index (κ3) is 3.72. The molecule has 0 spiro atoms. The number of aliphatic hydroxyl groups excluding tert-OH is 1. The van der Waals surface area contributed by atoms with Crippen LogP contribution in [0.4, 0.5) is 4.39 Å². The van der Waals surface area contributed by atoms with Crippen molar-refractivity contribution >= 4 is 0 Å². The van der Waals surface area contributed by atoms with Crippen LogP contribution in [0.3, 0.4) is 0 Å². The molecule has 4 atom stereocenters. The lowest BCUT2D eigenvalue weighted by Crippen LogP contribution is -2.61. The Morgan fingerprint density at radius 3 is 2.82 bits per heavy atom. The molecule has 4 bridgehead atoms. The molecule has 0 radical (unpaired) electrons. The summed E-state index contributed by atoms with van der Waals surface area (Å²) in [5, 5.41) is 15.4. The first-order chi connectivity index (χ1) is 16.4. The zero-order chi connectivity index (χ0) is 23.4. The molecule has 4 saturated carbocycles. The Morgan fingerprint density at radius 1 is 1.26 bits per heavy atom. The second-order valence-electron chi connectivity index (χ2n) is 11.6. The summed E-state index contributed by atoms with van der Waals surface area (Å²) < 4.78 is 22.8. The Bertz CT molecular complexity index is 1020. The van der Waals surface area contributed by atoms with Crippen molar-refractivity contribution in [3.63, 3.8) is 0 Å². The summed E-state index contributed by atoms with van der Waals surface area (Å²) in [4.78, 5) is 6.45. The predicted octanol–water partition coefficient (Wildman–Crippen LogP) is 3.66. The predicted molar refractivity (Wildman–Crippen MR) is 129 cm³/mol. The molecule has 2 aromatic rings. The molecule has 4 aliphatic carbocycles. The molecule has 4 unspecified atom stereocenters. The number of ether oxygens (including phenoxy) is 1. The van der Waals surface area contributed by atoms with Crippen molar-refractivity contribution in [2.24, 2.45) is 23.2 Å². The van der Waals surface area contributed by atoms with Gasteiger partial charge >= 0.3 is 0 Å². The highest BCUT2D eigenvalue weighted by Gasteiger charge is 2.58. The van der Waals surface area contributed by atoms with Crippen molar-refractivity contribution in [2.75, 3.05) is 34.0 Å². The van der Waals surface area contributed by atoms with E-state index in [4.69, 9.17) is 4.74 Å². The van der Waals surface area contributed by atoms with Gasteiger partial charge in [0.15, 0.2) is 0 Å². The molecule has 184 valence electrons. The van der Waals surface area contributed by atoms with E-state index in [0.717, 1.165) is 49.2 Å². The number of nitrogens with one attached hydrogen (secondary N) is 1. The second kappa shape index (κ2) is 8.70. The van der Waals surface area contributed by atoms with Crippen molar-refractivity contribution < 1.29 is 14.2 Å². The Labute approximate surface area is 201 Å². The second-order valence-corrected chi connectivity index (χ2v) is 11.6. The van der Waals surface area contributed by atoms with Crippen molar-refractivity contribution in [1.29, 1.82) is 0 Å². The van der Waals surface area contributed by atoms with E-state index in [1.807, 2.05) is 12.3 Å². The maximum atomic E-state index is 14.9. The summed E-state index contributed by atoms with van der Waals surface area (Å²) in [6, 6.07) is 5.58. The summed E-state index contributed by atoms with van der Waals surface area (Å²) in [6.45, 7) is 2.27. The van der Waals surface area contributed by atoms with Gasteiger partial charge in [0.2, 0.25) is 0 Å². The topological polar surface area (TPSA) is 62.6 Å². The number of aliphatic hydroxyl groups is 1. The first-order valence-electron chi connectivity index (χ1n) is 12.9. The van der Waals surface area contributed by atoms with E-state index < -0.39 is 6.10 Å². The van der Waals surface area contributed by atoms with E-state index in [2.05, 4.69) is 33.9 Å². The third-order valence-electron chi connectivity index (χ3n) is 9.24. The number of hydrogen-bond donors (Lipinski definition) is 2.